The van der Waals surface area contributed by atoms with Crippen LogP contribution < -0.4 is 10.9 Å². The third kappa shape index (κ3) is 4.32. The molecule has 1 N–H and O–H groups in total. The number of anilines is 1. The molecule has 4 rings (SSSR count). The number of fused-ring (bicyclic) bond motifs is 1. The second-order valence-electron chi connectivity index (χ2n) is 8.75. The minimum absolute atomic E-state index is 0.0322. The van der Waals surface area contributed by atoms with E-state index in [0.29, 0.717) is 26.6 Å². The van der Waals surface area contributed by atoms with Gasteiger partial charge in [0.25, 0.3) is 11.5 Å². The Morgan fingerprint density at radius 2 is 1.91 bits per heavy atom. The van der Waals surface area contributed by atoms with Gasteiger partial charge in [-0.05, 0) is 56.7 Å². The molecule has 1 aliphatic rings. The van der Waals surface area contributed by atoms with E-state index in [-0.39, 0.29) is 23.9 Å². The maximum absolute atomic E-state index is 13.1. The van der Waals surface area contributed by atoms with Crippen LogP contribution in [0.25, 0.3) is 10.2 Å². The molecule has 1 aliphatic heterocycles. The van der Waals surface area contributed by atoms with Crippen LogP contribution in [0.3, 0.4) is 0 Å². The highest BCUT2D eigenvalue weighted by atomic mass is 32.1. The van der Waals surface area contributed by atoms with Gasteiger partial charge in [0.05, 0.1) is 16.6 Å². The number of aromatic nitrogens is 2. The van der Waals surface area contributed by atoms with Crippen molar-refractivity contribution >= 4 is 39.1 Å². The fraction of sp³-hybridized carbons (Fsp3) is 0.417. The van der Waals surface area contributed by atoms with Gasteiger partial charge in [-0.2, -0.15) is 0 Å². The second kappa shape index (κ2) is 8.86. The lowest BCUT2D eigenvalue weighted by Gasteiger charge is -2.30. The molecule has 0 radical (unpaired) electrons. The first-order valence-corrected chi connectivity index (χ1v) is 11.7. The molecular weight excluding hydrogens is 424 g/mol. The predicted molar refractivity (Wildman–Crippen MR) is 127 cm³/mol. The van der Waals surface area contributed by atoms with Crippen molar-refractivity contribution in [3.63, 3.8) is 0 Å². The van der Waals surface area contributed by atoms with E-state index in [1.54, 1.807) is 6.92 Å². The number of nitrogens with one attached hydrogen (secondary N) is 1. The topological polar surface area (TPSA) is 84.3 Å². The van der Waals surface area contributed by atoms with Crippen molar-refractivity contribution in [2.75, 3.05) is 18.4 Å². The molecule has 0 unspecified atom stereocenters. The molecule has 3 heterocycles. The number of likely N-dealkylation sites (tertiary alicyclic amines) is 1. The summed E-state index contributed by atoms with van der Waals surface area (Å²) in [5, 5.41) is 3.35. The van der Waals surface area contributed by atoms with Crippen molar-refractivity contribution in [2.45, 2.75) is 47.1 Å². The Hall–Kier alpha value is -3.00. The van der Waals surface area contributed by atoms with Gasteiger partial charge in [-0.3, -0.25) is 19.0 Å². The van der Waals surface area contributed by atoms with Gasteiger partial charge in [0.2, 0.25) is 5.91 Å². The summed E-state index contributed by atoms with van der Waals surface area (Å²) >= 11 is 1.20. The molecule has 1 saturated heterocycles. The van der Waals surface area contributed by atoms with Gasteiger partial charge in [-0.15, -0.1) is 11.3 Å². The van der Waals surface area contributed by atoms with Crippen LogP contribution in [-0.4, -0.2) is 39.4 Å². The van der Waals surface area contributed by atoms with Gasteiger partial charge >= 0.3 is 0 Å². The predicted octanol–water partition coefficient (Wildman–Crippen LogP) is 3.89. The summed E-state index contributed by atoms with van der Waals surface area (Å²) in [4.78, 5) is 45.9. The van der Waals surface area contributed by atoms with E-state index in [1.165, 1.54) is 22.2 Å². The van der Waals surface area contributed by atoms with E-state index in [2.05, 4.69) is 17.2 Å². The summed E-state index contributed by atoms with van der Waals surface area (Å²) in [6.07, 6.45) is 3.39. The number of benzene rings is 1. The number of aryl methyl sites for hydroxylation is 3. The lowest BCUT2D eigenvalue weighted by Crippen LogP contribution is -2.41. The largest absolute Gasteiger partial charge is 0.341 e. The summed E-state index contributed by atoms with van der Waals surface area (Å²) in [5.41, 5.74) is 3.15. The number of thiophene rings is 1. The molecule has 168 valence electrons. The minimum Gasteiger partial charge on any atom is -0.341 e. The van der Waals surface area contributed by atoms with Crippen LogP contribution in [0, 0.1) is 26.7 Å². The molecule has 1 fully saturated rings. The SMILES string of the molecule is Cc1ccc(NC(=O)c2sc3ncn(CC(=O)N4CCC(C)CC4)c(=O)c3c2C)c(C)c1. The Morgan fingerprint density at radius 3 is 2.59 bits per heavy atom. The lowest BCUT2D eigenvalue weighted by molar-refractivity contribution is -0.133. The third-order valence-electron chi connectivity index (χ3n) is 6.20. The minimum atomic E-state index is -0.284. The quantitative estimate of drug-likeness (QED) is 0.651. The average Bonchev–Trinajstić information content (AvgIpc) is 3.10. The van der Waals surface area contributed by atoms with Crippen LogP contribution in [0.5, 0.6) is 0 Å². The highest BCUT2D eigenvalue weighted by Crippen LogP contribution is 2.28. The summed E-state index contributed by atoms with van der Waals surface area (Å²) in [6.45, 7) is 9.32. The number of hydrogen-bond acceptors (Lipinski definition) is 5. The Balaban J connectivity index is 1.58. The van der Waals surface area contributed by atoms with Gasteiger partial charge < -0.3 is 10.2 Å². The molecule has 0 aliphatic carbocycles. The van der Waals surface area contributed by atoms with Crippen LogP contribution in [0.1, 0.15) is 46.1 Å². The molecule has 0 bridgehead atoms. The summed E-state index contributed by atoms with van der Waals surface area (Å²) < 4.78 is 1.36. The summed E-state index contributed by atoms with van der Waals surface area (Å²) in [7, 11) is 0. The maximum atomic E-state index is 13.1. The molecular formula is C24H28N4O3S. The van der Waals surface area contributed by atoms with E-state index in [4.69, 9.17) is 0 Å². The molecule has 8 heteroatoms. The average molecular weight is 453 g/mol. The highest BCUT2D eigenvalue weighted by Gasteiger charge is 2.23. The van der Waals surface area contributed by atoms with Crippen LogP contribution in [-0.2, 0) is 11.3 Å². The molecule has 0 spiro atoms. The van der Waals surface area contributed by atoms with E-state index in [0.717, 1.165) is 42.7 Å². The van der Waals surface area contributed by atoms with Crippen molar-refractivity contribution in [1.29, 1.82) is 0 Å². The zero-order valence-electron chi connectivity index (χ0n) is 18.9. The lowest BCUT2D eigenvalue weighted by atomic mass is 9.99. The van der Waals surface area contributed by atoms with Crippen LogP contribution in [0.4, 0.5) is 5.69 Å². The Labute approximate surface area is 191 Å². The van der Waals surface area contributed by atoms with Crippen molar-refractivity contribution in [2.24, 2.45) is 5.92 Å². The van der Waals surface area contributed by atoms with Crippen molar-refractivity contribution < 1.29 is 9.59 Å². The van der Waals surface area contributed by atoms with Gasteiger partial charge in [-0.25, -0.2) is 4.98 Å². The molecule has 2 amide bonds. The molecule has 0 atom stereocenters. The third-order valence-corrected chi connectivity index (χ3v) is 7.39. The zero-order chi connectivity index (χ0) is 23.0. The first-order chi connectivity index (χ1) is 15.2. The van der Waals surface area contributed by atoms with Crippen LogP contribution in [0.15, 0.2) is 29.3 Å². The van der Waals surface area contributed by atoms with E-state index in [1.807, 2.05) is 36.9 Å². The standard InChI is InChI=1S/C24H28N4O3S/c1-14-7-9-27(10-8-14)19(29)12-28-13-25-23-20(24(28)31)17(4)21(32-23)22(30)26-18-6-5-15(2)11-16(18)3/h5-6,11,13-14H,7-10,12H2,1-4H3,(H,26,30). The van der Waals surface area contributed by atoms with Gasteiger partial charge in [0.15, 0.2) is 0 Å². The Bertz CT molecular complexity index is 1250. The van der Waals surface area contributed by atoms with Crippen molar-refractivity contribution in [1.82, 2.24) is 14.5 Å². The first-order valence-electron chi connectivity index (χ1n) is 10.9. The fourth-order valence-electron chi connectivity index (χ4n) is 4.13. The van der Waals surface area contributed by atoms with Gasteiger partial charge in [-0.1, -0.05) is 24.6 Å². The highest BCUT2D eigenvalue weighted by molar-refractivity contribution is 7.20. The molecule has 3 aromatic rings. The molecule has 1 aromatic carbocycles. The van der Waals surface area contributed by atoms with Gasteiger partial charge in [0, 0.05) is 18.8 Å². The van der Waals surface area contributed by atoms with E-state index in [9.17, 15) is 14.4 Å². The number of piperidine rings is 1. The number of nitrogens with zero attached hydrogens (tertiary/aromatic N) is 3. The monoisotopic (exact) mass is 452 g/mol. The van der Waals surface area contributed by atoms with E-state index < -0.39 is 0 Å². The van der Waals surface area contributed by atoms with Crippen LogP contribution in [0.2, 0.25) is 0 Å². The summed E-state index contributed by atoms with van der Waals surface area (Å²) in [6, 6.07) is 5.83. The number of hydrogen-bond donors (Lipinski definition) is 1. The van der Waals surface area contributed by atoms with E-state index >= 15 is 0 Å². The molecule has 2 aromatic heterocycles. The molecule has 0 saturated carbocycles. The van der Waals surface area contributed by atoms with Crippen LogP contribution >= 0.6 is 11.3 Å². The Morgan fingerprint density at radius 1 is 1.19 bits per heavy atom. The zero-order valence-corrected chi connectivity index (χ0v) is 19.7. The number of carbonyl (C=O) groups excluding carboxylic acids is 2. The second-order valence-corrected chi connectivity index (χ2v) is 9.75. The first kappa shape index (κ1) is 22.2. The summed E-state index contributed by atoms with van der Waals surface area (Å²) in [5.74, 6) is 0.296. The smallest absolute Gasteiger partial charge is 0.266 e. The molecule has 32 heavy (non-hydrogen) atoms. The normalized spacial score (nSPS) is 14.7. The number of rotatable bonds is 4. The number of carbonyl (C=O) groups is 2. The fourth-order valence-corrected chi connectivity index (χ4v) is 5.16. The maximum Gasteiger partial charge on any atom is 0.266 e. The van der Waals surface area contributed by atoms with Crippen molar-refractivity contribution in [3.05, 3.63) is 56.4 Å². The van der Waals surface area contributed by atoms with Crippen molar-refractivity contribution in [3.8, 4) is 0 Å². The molecule has 7 nitrogen and oxygen atoms in total. The number of amides is 2. The van der Waals surface area contributed by atoms with Gasteiger partial charge in [0.1, 0.15) is 11.4 Å². The Kier molecular flexibility index (Phi) is 6.15.